The monoisotopic (exact) mass is 287 g/mol. The number of non-ortho nitro benzene ring substituents is 1. The van der Waals surface area contributed by atoms with Crippen molar-refractivity contribution in [3.05, 3.63) is 34.4 Å². The minimum Gasteiger partial charge on any atom is -0.330 e. The Labute approximate surface area is 112 Å². The molecule has 19 heavy (non-hydrogen) atoms. The molecule has 0 saturated heterocycles. The highest BCUT2D eigenvalue weighted by atomic mass is 32.2. The standard InChI is InChI=1S/C11H17N3O4S/c1-9(3-2-8-12)13-19(17,18)11-6-4-10(5-7-11)14(15)16/h4-7,9,13H,2-3,8,12H2,1H3. The topological polar surface area (TPSA) is 115 Å². The van der Waals surface area contributed by atoms with Crippen LogP contribution in [0.25, 0.3) is 0 Å². The van der Waals surface area contributed by atoms with Crippen molar-refractivity contribution >= 4 is 15.7 Å². The quantitative estimate of drug-likeness (QED) is 0.573. The van der Waals surface area contributed by atoms with Crippen molar-refractivity contribution in [3.63, 3.8) is 0 Å². The smallest absolute Gasteiger partial charge is 0.269 e. The van der Waals surface area contributed by atoms with Gasteiger partial charge in [-0.1, -0.05) is 0 Å². The molecule has 0 saturated carbocycles. The van der Waals surface area contributed by atoms with Crippen LogP contribution in [-0.4, -0.2) is 25.9 Å². The first-order valence-corrected chi connectivity index (χ1v) is 7.32. The van der Waals surface area contributed by atoms with E-state index >= 15 is 0 Å². The van der Waals surface area contributed by atoms with Gasteiger partial charge in [-0.15, -0.1) is 0 Å². The van der Waals surface area contributed by atoms with Crippen molar-refractivity contribution < 1.29 is 13.3 Å². The van der Waals surface area contributed by atoms with Crippen molar-refractivity contribution in [2.75, 3.05) is 6.54 Å². The van der Waals surface area contributed by atoms with Gasteiger partial charge in [0.2, 0.25) is 10.0 Å². The van der Waals surface area contributed by atoms with Gasteiger partial charge >= 0.3 is 0 Å². The Hall–Kier alpha value is -1.51. The van der Waals surface area contributed by atoms with Crippen molar-refractivity contribution in [3.8, 4) is 0 Å². The van der Waals surface area contributed by atoms with Crippen LogP contribution in [0, 0.1) is 10.1 Å². The van der Waals surface area contributed by atoms with Gasteiger partial charge < -0.3 is 5.73 Å². The molecule has 1 unspecified atom stereocenters. The molecule has 7 nitrogen and oxygen atoms in total. The molecule has 1 aromatic rings. The fourth-order valence-corrected chi connectivity index (χ4v) is 2.84. The Balaban J connectivity index is 2.79. The molecule has 0 heterocycles. The molecule has 0 fully saturated rings. The highest BCUT2D eigenvalue weighted by Crippen LogP contribution is 2.16. The molecule has 0 aliphatic heterocycles. The lowest BCUT2D eigenvalue weighted by molar-refractivity contribution is -0.384. The number of rotatable bonds is 7. The molecule has 1 atom stereocenters. The average Bonchev–Trinajstić information content (AvgIpc) is 2.36. The number of nitrogens with zero attached hydrogens (tertiary/aromatic N) is 1. The van der Waals surface area contributed by atoms with E-state index < -0.39 is 14.9 Å². The van der Waals surface area contributed by atoms with E-state index in [2.05, 4.69) is 4.72 Å². The minimum atomic E-state index is -3.65. The number of hydrogen-bond donors (Lipinski definition) is 2. The van der Waals surface area contributed by atoms with Crippen molar-refractivity contribution in [1.82, 2.24) is 4.72 Å². The van der Waals surface area contributed by atoms with Crippen LogP contribution in [0.5, 0.6) is 0 Å². The summed E-state index contributed by atoms with van der Waals surface area (Å²) in [5.41, 5.74) is 5.21. The van der Waals surface area contributed by atoms with E-state index in [9.17, 15) is 18.5 Å². The van der Waals surface area contributed by atoms with E-state index in [-0.39, 0.29) is 16.6 Å². The molecule has 0 amide bonds. The van der Waals surface area contributed by atoms with Crippen LogP contribution in [0.1, 0.15) is 19.8 Å². The van der Waals surface area contributed by atoms with Gasteiger partial charge in [0, 0.05) is 18.2 Å². The summed E-state index contributed by atoms with van der Waals surface area (Å²) in [5, 5.41) is 10.5. The Bertz CT molecular complexity index is 527. The maximum atomic E-state index is 12.0. The summed E-state index contributed by atoms with van der Waals surface area (Å²) in [5.74, 6) is 0. The zero-order valence-corrected chi connectivity index (χ0v) is 11.4. The molecule has 8 heteroatoms. The number of hydrogen-bond acceptors (Lipinski definition) is 5. The van der Waals surface area contributed by atoms with Crippen LogP contribution in [0.15, 0.2) is 29.2 Å². The van der Waals surface area contributed by atoms with Crippen molar-refractivity contribution in [1.29, 1.82) is 0 Å². The molecule has 106 valence electrons. The second-order valence-electron chi connectivity index (χ2n) is 4.20. The molecule has 0 aliphatic rings. The van der Waals surface area contributed by atoms with Gasteiger partial charge in [-0.05, 0) is 38.4 Å². The Morgan fingerprint density at radius 3 is 2.42 bits per heavy atom. The number of nitrogens with two attached hydrogens (primary N) is 1. The van der Waals surface area contributed by atoms with E-state index in [1.807, 2.05) is 0 Å². The third-order valence-electron chi connectivity index (χ3n) is 2.56. The highest BCUT2D eigenvalue weighted by Gasteiger charge is 2.18. The lowest BCUT2D eigenvalue weighted by atomic mass is 10.2. The van der Waals surface area contributed by atoms with Gasteiger partial charge in [-0.25, -0.2) is 13.1 Å². The van der Waals surface area contributed by atoms with Crippen LogP contribution >= 0.6 is 0 Å². The van der Waals surface area contributed by atoms with Crippen LogP contribution in [0.3, 0.4) is 0 Å². The van der Waals surface area contributed by atoms with Gasteiger partial charge in [-0.3, -0.25) is 10.1 Å². The van der Waals surface area contributed by atoms with Crippen LogP contribution < -0.4 is 10.5 Å². The lowest BCUT2D eigenvalue weighted by Crippen LogP contribution is -2.32. The molecule has 3 N–H and O–H groups in total. The maximum absolute atomic E-state index is 12.0. The molecule has 0 spiro atoms. The van der Waals surface area contributed by atoms with Crippen LogP contribution in [0.2, 0.25) is 0 Å². The third kappa shape index (κ3) is 4.58. The first-order valence-electron chi connectivity index (χ1n) is 5.83. The minimum absolute atomic E-state index is 0.0118. The normalized spacial score (nSPS) is 13.2. The molecular weight excluding hydrogens is 270 g/mol. The van der Waals surface area contributed by atoms with E-state index in [0.29, 0.717) is 13.0 Å². The largest absolute Gasteiger partial charge is 0.330 e. The van der Waals surface area contributed by atoms with E-state index in [4.69, 9.17) is 5.73 Å². The molecule has 0 radical (unpaired) electrons. The summed E-state index contributed by atoms with van der Waals surface area (Å²) >= 11 is 0. The van der Waals surface area contributed by atoms with Crippen LogP contribution in [0.4, 0.5) is 5.69 Å². The number of nitrogens with one attached hydrogen (secondary N) is 1. The van der Waals surface area contributed by atoms with Crippen molar-refractivity contribution in [2.24, 2.45) is 5.73 Å². The molecule has 1 aromatic carbocycles. The summed E-state index contributed by atoms with van der Waals surface area (Å²) in [6.45, 7) is 2.25. The van der Waals surface area contributed by atoms with E-state index in [1.54, 1.807) is 6.92 Å². The van der Waals surface area contributed by atoms with Gasteiger partial charge in [0.1, 0.15) is 0 Å². The van der Waals surface area contributed by atoms with E-state index in [0.717, 1.165) is 6.42 Å². The fourth-order valence-electron chi connectivity index (χ4n) is 1.56. The molecule has 0 aromatic heterocycles. The molecular formula is C11H17N3O4S. The molecule has 0 bridgehead atoms. The first-order chi connectivity index (χ1) is 8.86. The molecule has 0 aliphatic carbocycles. The third-order valence-corrected chi connectivity index (χ3v) is 4.16. The van der Waals surface area contributed by atoms with Crippen LogP contribution in [-0.2, 0) is 10.0 Å². The van der Waals surface area contributed by atoms with Gasteiger partial charge in [0.05, 0.1) is 9.82 Å². The highest BCUT2D eigenvalue weighted by molar-refractivity contribution is 7.89. The summed E-state index contributed by atoms with van der Waals surface area (Å²) in [4.78, 5) is 9.92. The van der Waals surface area contributed by atoms with Gasteiger partial charge in [-0.2, -0.15) is 0 Å². The van der Waals surface area contributed by atoms with Crippen molar-refractivity contribution in [2.45, 2.75) is 30.7 Å². The number of nitro benzene ring substituents is 1. The SMILES string of the molecule is CC(CCCN)NS(=O)(=O)c1ccc([N+](=O)[O-])cc1. The summed E-state index contributed by atoms with van der Waals surface area (Å²) in [6, 6.07) is 4.54. The van der Waals surface area contributed by atoms with Gasteiger partial charge in [0.25, 0.3) is 5.69 Å². The summed E-state index contributed by atoms with van der Waals surface area (Å²) in [6.07, 6.45) is 1.37. The van der Waals surface area contributed by atoms with Gasteiger partial charge in [0.15, 0.2) is 0 Å². The number of nitro groups is 1. The van der Waals surface area contributed by atoms with E-state index in [1.165, 1.54) is 24.3 Å². The fraction of sp³-hybridized carbons (Fsp3) is 0.455. The Morgan fingerprint density at radius 1 is 1.37 bits per heavy atom. The summed E-state index contributed by atoms with van der Waals surface area (Å²) in [7, 11) is -3.65. The maximum Gasteiger partial charge on any atom is 0.269 e. The Morgan fingerprint density at radius 2 is 1.95 bits per heavy atom. The second-order valence-corrected chi connectivity index (χ2v) is 5.92. The zero-order valence-electron chi connectivity index (χ0n) is 10.6. The number of sulfonamides is 1. The Kier molecular flexibility index (Phi) is 5.40. The lowest BCUT2D eigenvalue weighted by Gasteiger charge is -2.13. The summed E-state index contributed by atoms with van der Waals surface area (Å²) < 4.78 is 26.5. The predicted molar refractivity (Wildman–Crippen MR) is 71.2 cm³/mol. The zero-order chi connectivity index (χ0) is 14.5. The average molecular weight is 287 g/mol. The number of benzene rings is 1. The first kappa shape index (κ1) is 15.5. The predicted octanol–water partition coefficient (Wildman–Crippen LogP) is 1.00. The molecule has 1 rings (SSSR count). The second kappa shape index (κ2) is 6.60.